The van der Waals surface area contributed by atoms with Crippen molar-refractivity contribution in [3.05, 3.63) is 69.0 Å². The third kappa shape index (κ3) is 9.41. The minimum absolute atomic E-state index is 0.0669. The van der Waals surface area contributed by atoms with Crippen molar-refractivity contribution in [2.45, 2.75) is 50.5 Å². The number of hydrogen-bond acceptors (Lipinski definition) is 10. The Bertz CT molecular complexity index is 1520. The highest BCUT2D eigenvalue weighted by molar-refractivity contribution is 6.31. The molecule has 1 saturated heterocycles. The number of hydrogen-bond donors (Lipinski definition) is 4. The minimum atomic E-state index is -2.74. The predicted molar refractivity (Wildman–Crippen MR) is 157 cm³/mol. The van der Waals surface area contributed by atoms with Crippen LogP contribution in [-0.4, -0.2) is 82.3 Å². The highest BCUT2D eigenvalue weighted by Crippen LogP contribution is 2.27. The van der Waals surface area contributed by atoms with E-state index in [1.807, 2.05) is 18.2 Å². The van der Waals surface area contributed by atoms with Crippen LogP contribution in [0, 0.1) is 0 Å². The minimum Gasteiger partial charge on any atom is -0.497 e. The van der Waals surface area contributed by atoms with Crippen LogP contribution in [0.4, 0.5) is 0 Å². The zero-order valence-corrected chi connectivity index (χ0v) is 24.9. The molecule has 4 rings (SSSR count). The first-order valence-corrected chi connectivity index (χ1v) is 13.9. The summed E-state index contributed by atoms with van der Waals surface area (Å²) in [6.07, 6.45) is 1.47. The fourth-order valence-electron chi connectivity index (χ4n) is 4.69. The van der Waals surface area contributed by atoms with Gasteiger partial charge >= 0.3 is 17.9 Å². The first kappa shape index (κ1) is 34.3. The maximum absolute atomic E-state index is 13.1. The van der Waals surface area contributed by atoms with Gasteiger partial charge in [0.25, 0.3) is 0 Å². The molecule has 4 N–H and O–H groups in total. The molecule has 0 spiro atoms. The number of carboxylic acids is 3. The fraction of sp³-hybridized carbons (Fsp3) is 0.400. The van der Waals surface area contributed by atoms with Crippen LogP contribution < -0.4 is 14.9 Å². The molecule has 44 heavy (non-hydrogen) atoms. The number of halogens is 1. The predicted octanol–water partition coefficient (Wildman–Crippen LogP) is 3.40. The molecule has 0 saturated carbocycles. The van der Waals surface area contributed by atoms with Crippen LogP contribution >= 0.6 is 11.6 Å². The molecule has 1 fully saturated rings. The van der Waals surface area contributed by atoms with Crippen molar-refractivity contribution in [1.82, 2.24) is 4.90 Å². The summed E-state index contributed by atoms with van der Waals surface area (Å²) in [6.45, 7) is 2.52. The van der Waals surface area contributed by atoms with E-state index < -0.39 is 36.4 Å². The second-order valence-corrected chi connectivity index (χ2v) is 10.6. The van der Waals surface area contributed by atoms with Gasteiger partial charge in [-0.2, -0.15) is 0 Å². The number of carbonyl (C=O) groups is 3. The van der Waals surface area contributed by atoms with Gasteiger partial charge in [0.05, 0.1) is 44.8 Å². The summed E-state index contributed by atoms with van der Waals surface area (Å²) in [4.78, 5) is 45.8. The van der Waals surface area contributed by atoms with E-state index >= 15 is 0 Å². The van der Waals surface area contributed by atoms with Crippen molar-refractivity contribution < 1.29 is 53.4 Å². The summed E-state index contributed by atoms with van der Waals surface area (Å²) in [5.41, 5.74) is -0.685. The molecular weight excluding hydrogens is 602 g/mol. The highest BCUT2D eigenvalue weighted by Gasteiger charge is 2.40. The Balaban J connectivity index is 0.000000345. The molecule has 238 valence electrons. The maximum atomic E-state index is 13.1. The molecule has 1 aromatic heterocycles. The van der Waals surface area contributed by atoms with E-state index in [2.05, 4.69) is 4.90 Å². The van der Waals surface area contributed by atoms with Gasteiger partial charge in [0, 0.05) is 48.5 Å². The first-order valence-electron chi connectivity index (χ1n) is 13.5. The molecule has 13 nitrogen and oxygen atoms in total. The monoisotopic (exact) mass is 635 g/mol. The van der Waals surface area contributed by atoms with E-state index in [4.69, 9.17) is 50.7 Å². The molecule has 1 unspecified atom stereocenters. The standard InChI is InChI=1S/C24H26ClNO5.C6H8O7/c1-28-19-7-5-16(23(11-19)29-2)12-26(14-20-4-3-9-30-20)13-17-15-31-22-8-6-18(25)10-21(22)24(17)27;7-3(8)1-6(13,5(11)12)2-4(9)10/h5-8,10-11,15,20H,3-4,9,12-14H2,1-2H3;13H,1-2H2,(H,7,8)(H,9,10)(H,11,12). The van der Waals surface area contributed by atoms with E-state index in [-0.39, 0.29) is 11.5 Å². The number of benzene rings is 2. The molecule has 2 heterocycles. The average molecular weight is 636 g/mol. The van der Waals surface area contributed by atoms with E-state index in [9.17, 15) is 19.2 Å². The number of carboxylic acid groups (broad SMARTS) is 3. The number of ether oxygens (including phenoxy) is 3. The second kappa shape index (κ2) is 15.5. The molecule has 1 aliphatic rings. The van der Waals surface area contributed by atoms with Crippen LogP contribution in [0.5, 0.6) is 11.5 Å². The first-order chi connectivity index (χ1) is 20.8. The average Bonchev–Trinajstić information content (AvgIpc) is 3.47. The van der Waals surface area contributed by atoms with Crippen LogP contribution in [0.3, 0.4) is 0 Å². The summed E-state index contributed by atoms with van der Waals surface area (Å²) < 4.78 is 22.5. The lowest BCUT2D eigenvalue weighted by atomic mass is 9.96. The summed E-state index contributed by atoms with van der Waals surface area (Å²) in [5.74, 6) is -3.54. The van der Waals surface area contributed by atoms with Crippen molar-refractivity contribution in [2.75, 3.05) is 27.4 Å². The lowest BCUT2D eigenvalue weighted by Crippen LogP contribution is -2.42. The van der Waals surface area contributed by atoms with Crippen LogP contribution in [-0.2, 0) is 32.2 Å². The largest absolute Gasteiger partial charge is 0.497 e. The Hall–Kier alpha value is -4.17. The molecule has 0 aliphatic carbocycles. The van der Waals surface area contributed by atoms with E-state index in [0.29, 0.717) is 41.2 Å². The Morgan fingerprint density at radius 2 is 1.68 bits per heavy atom. The van der Waals surface area contributed by atoms with Crippen molar-refractivity contribution in [1.29, 1.82) is 0 Å². The van der Waals surface area contributed by atoms with Crippen LogP contribution in [0.2, 0.25) is 5.02 Å². The smallest absolute Gasteiger partial charge is 0.336 e. The number of nitrogens with zero attached hydrogens (tertiary/aromatic N) is 1. The van der Waals surface area contributed by atoms with Gasteiger partial charge < -0.3 is 39.1 Å². The summed E-state index contributed by atoms with van der Waals surface area (Å²) in [6, 6.07) is 10.9. The second-order valence-electron chi connectivity index (χ2n) is 10.2. The number of rotatable bonds is 13. The van der Waals surface area contributed by atoms with E-state index in [1.54, 1.807) is 38.7 Å². The molecule has 0 radical (unpaired) electrons. The fourth-order valence-corrected chi connectivity index (χ4v) is 4.86. The molecule has 1 aliphatic heterocycles. The Labute approximate surface area is 257 Å². The van der Waals surface area contributed by atoms with Gasteiger partial charge in [0.1, 0.15) is 17.1 Å². The number of fused-ring (bicyclic) bond motifs is 1. The highest BCUT2D eigenvalue weighted by atomic mass is 35.5. The maximum Gasteiger partial charge on any atom is 0.336 e. The zero-order chi connectivity index (χ0) is 32.4. The molecule has 3 aromatic rings. The lowest BCUT2D eigenvalue weighted by Gasteiger charge is -2.26. The van der Waals surface area contributed by atoms with Gasteiger partial charge in [0.15, 0.2) is 11.0 Å². The third-order valence-electron chi connectivity index (χ3n) is 6.86. The van der Waals surface area contributed by atoms with Gasteiger partial charge in [-0.25, -0.2) is 4.79 Å². The van der Waals surface area contributed by atoms with Gasteiger partial charge in [-0.3, -0.25) is 19.3 Å². The van der Waals surface area contributed by atoms with Crippen LogP contribution in [0.1, 0.15) is 36.8 Å². The molecule has 0 amide bonds. The zero-order valence-electron chi connectivity index (χ0n) is 24.2. The SMILES string of the molecule is COc1ccc(CN(Cc2coc3ccc(Cl)cc3c2=O)CC2CCCO2)c(OC)c1.O=C(O)CC(O)(CC(=O)O)C(=O)O. The lowest BCUT2D eigenvalue weighted by molar-refractivity contribution is -0.170. The Morgan fingerprint density at radius 1 is 1.00 bits per heavy atom. The third-order valence-corrected chi connectivity index (χ3v) is 7.09. The van der Waals surface area contributed by atoms with Gasteiger partial charge in [-0.05, 0) is 37.1 Å². The van der Waals surface area contributed by atoms with Gasteiger partial charge in [-0.1, -0.05) is 17.7 Å². The van der Waals surface area contributed by atoms with E-state index in [0.717, 1.165) is 36.5 Å². The molecular formula is C30H34ClNO12. The summed E-state index contributed by atoms with van der Waals surface area (Å²) >= 11 is 6.10. The number of aliphatic carboxylic acids is 3. The molecule has 1 atom stereocenters. The molecule has 0 bridgehead atoms. The molecule has 2 aromatic carbocycles. The van der Waals surface area contributed by atoms with Gasteiger partial charge in [0.2, 0.25) is 0 Å². The topological polar surface area (TPSA) is 193 Å². The van der Waals surface area contributed by atoms with Crippen molar-refractivity contribution in [3.63, 3.8) is 0 Å². The summed E-state index contributed by atoms with van der Waals surface area (Å²) in [7, 11) is 3.27. The Morgan fingerprint density at radius 3 is 2.25 bits per heavy atom. The van der Waals surface area contributed by atoms with Gasteiger partial charge in [-0.15, -0.1) is 0 Å². The summed E-state index contributed by atoms with van der Waals surface area (Å²) in [5, 5.41) is 34.8. The quantitative estimate of drug-likeness (QED) is 0.214. The van der Waals surface area contributed by atoms with Crippen molar-refractivity contribution in [3.8, 4) is 11.5 Å². The van der Waals surface area contributed by atoms with E-state index in [1.165, 1.54) is 0 Å². The van der Waals surface area contributed by atoms with Crippen molar-refractivity contribution in [2.24, 2.45) is 0 Å². The normalized spacial score (nSPS) is 14.6. The number of aliphatic hydroxyl groups is 1. The Kier molecular flexibility index (Phi) is 12.1. The van der Waals surface area contributed by atoms with Crippen LogP contribution in [0.25, 0.3) is 11.0 Å². The number of methoxy groups -OCH3 is 2. The van der Waals surface area contributed by atoms with Crippen molar-refractivity contribution >= 4 is 40.5 Å². The molecule has 14 heteroatoms. The van der Waals surface area contributed by atoms with Crippen LogP contribution in [0.15, 0.2) is 51.9 Å².